The van der Waals surface area contributed by atoms with Crippen LogP contribution >= 0.6 is 0 Å². The maximum atomic E-state index is 14.2. The van der Waals surface area contributed by atoms with Gasteiger partial charge in [0, 0.05) is 22.9 Å². The zero-order chi connectivity index (χ0) is 22.4. The molecule has 0 saturated carbocycles. The van der Waals surface area contributed by atoms with E-state index < -0.39 is 17.8 Å². The minimum Gasteiger partial charge on any atom is -0.394 e. The molecule has 4 rings (SSSR count). The summed E-state index contributed by atoms with van der Waals surface area (Å²) >= 11 is 0. The molecule has 0 bridgehead atoms. The van der Waals surface area contributed by atoms with Crippen molar-refractivity contribution in [1.29, 1.82) is 0 Å². The molecule has 0 spiro atoms. The molecule has 0 radical (unpaired) electrons. The third kappa shape index (κ3) is 3.26. The van der Waals surface area contributed by atoms with E-state index in [0.717, 1.165) is 6.42 Å². The van der Waals surface area contributed by atoms with Gasteiger partial charge < -0.3 is 15.3 Å². The highest BCUT2D eigenvalue weighted by Gasteiger charge is 2.61. The van der Waals surface area contributed by atoms with E-state index in [1.165, 1.54) is 29.1 Å². The summed E-state index contributed by atoms with van der Waals surface area (Å²) in [7, 11) is 0. The number of aliphatic hydroxyl groups is 3. The minimum atomic E-state index is -4.90. The fraction of sp³-hybridized carbons (Fsp3) is 0.348. The molecule has 0 saturated heterocycles. The molecule has 1 aliphatic rings. The molecule has 1 aliphatic carbocycles. The van der Waals surface area contributed by atoms with Gasteiger partial charge in [0.15, 0.2) is 0 Å². The topological polar surface area (TPSA) is 78.5 Å². The Morgan fingerprint density at radius 2 is 1.77 bits per heavy atom. The van der Waals surface area contributed by atoms with E-state index in [0.29, 0.717) is 34.2 Å². The average molecular weight is 432 g/mol. The number of rotatable bonds is 6. The van der Waals surface area contributed by atoms with Crippen molar-refractivity contribution in [3.8, 4) is 22.3 Å². The second-order valence-electron chi connectivity index (χ2n) is 7.80. The van der Waals surface area contributed by atoms with Gasteiger partial charge in [0.2, 0.25) is 5.60 Å². The second-order valence-corrected chi connectivity index (χ2v) is 7.80. The number of nitrogens with zero attached hydrogens (tertiary/aromatic N) is 2. The second kappa shape index (κ2) is 7.78. The zero-order valence-corrected chi connectivity index (χ0v) is 16.9. The summed E-state index contributed by atoms with van der Waals surface area (Å²) in [4.78, 5) is 0. The van der Waals surface area contributed by atoms with Crippen LogP contribution < -0.4 is 0 Å². The van der Waals surface area contributed by atoms with Gasteiger partial charge >= 0.3 is 6.18 Å². The van der Waals surface area contributed by atoms with E-state index in [1.54, 1.807) is 18.3 Å². The summed E-state index contributed by atoms with van der Waals surface area (Å²) in [5.41, 5.74) is -1.09. The summed E-state index contributed by atoms with van der Waals surface area (Å²) in [6.45, 7) is 1.27. The van der Waals surface area contributed by atoms with Crippen molar-refractivity contribution in [2.45, 2.75) is 37.6 Å². The minimum absolute atomic E-state index is 0.184. The molecule has 0 aliphatic heterocycles. The molecular weight excluding hydrogens is 409 g/mol. The van der Waals surface area contributed by atoms with E-state index in [1.807, 2.05) is 13.0 Å². The predicted octanol–water partition coefficient (Wildman–Crippen LogP) is 3.81. The Bertz CT molecular complexity index is 1110. The Balaban J connectivity index is 2.01. The van der Waals surface area contributed by atoms with Crippen molar-refractivity contribution in [3.05, 3.63) is 65.5 Å². The van der Waals surface area contributed by atoms with E-state index in [4.69, 9.17) is 0 Å². The normalized spacial score (nSPS) is 17.8. The standard InChI is InChI=1S/C23H23F3N2O3/c1-2-5-14-8-18(15-10-27-28(11-15)16(12-29)13-30)21-17-6-3-4-7-19(17)22(31,20(21)9-14)23(24,25)26/h3-4,6-11,16,29-31H,2,5,12-13H2,1H3. The van der Waals surface area contributed by atoms with Crippen LogP contribution in [0.3, 0.4) is 0 Å². The first-order valence-electron chi connectivity index (χ1n) is 10.1. The number of halogens is 3. The van der Waals surface area contributed by atoms with Crippen LogP contribution in [0.4, 0.5) is 13.2 Å². The lowest BCUT2D eigenvalue weighted by Crippen LogP contribution is -2.41. The molecular formula is C23H23F3N2O3. The number of benzene rings is 2. The van der Waals surface area contributed by atoms with Crippen molar-refractivity contribution in [3.63, 3.8) is 0 Å². The fourth-order valence-corrected chi connectivity index (χ4v) is 4.31. The number of alkyl halides is 3. The van der Waals surface area contributed by atoms with Crippen molar-refractivity contribution in [1.82, 2.24) is 9.78 Å². The van der Waals surface area contributed by atoms with Crippen LogP contribution in [0.5, 0.6) is 0 Å². The van der Waals surface area contributed by atoms with Crippen LogP contribution in [0.15, 0.2) is 48.8 Å². The van der Waals surface area contributed by atoms with Gasteiger partial charge in [-0.2, -0.15) is 18.3 Å². The van der Waals surface area contributed by atoms with Crippen molar-refractivity contribution in [2.24, 2.45) is 0 Å². The Morgan fingerprint density at radius 1 is 1.06 bits per heavy atom. The lowest BCUT2D eigenvalue weighted by Gasteiger charge is -2.29. The van der Waals surface area contributed by atoms with Crippen molar-refractivity contribution < 1.29 is 28.5 Å². The SMILES string of the molecule is CCCc1cc(-c2cnn(C(CO)CO)c2)c2c(c1)C(O)(C(F)(F)F)c1ccccc1-2. The van der Waals surface area contributed by atoms with Crippen LogP contribution in [0.2, 0.25) is 0 Å². The van der Waals surface area contributed by atoms with E-state index in [-0.39, 0.29) is 24.3 Å². The number of hydrogen-bond donors (Lipinski definition) is 3. The summed E-state index contributed by atoms with van der Waals surface area (Å²) in [6.07, 6.45) is -0.534. The first kappa shape index (κ1) is 21.5. The molecule has 0 fully saturated rings. The smallest absolute Gasteiger partial charge is 0.394 e. The fourth-order valence-electron chi connectivity index (χ4n) is 4.31. The van der Waals surface area contributed by atoms with Crippen molar-refractivity contribution in [2.75, 3.05) is 13.2 Å². The Morgan fingerprint density at radius 3 is 2.42 bits per heavy atom. The number of aryl methyl sites for hydroxylation is 1. The van der Waals surface area contributed by atoms with E-state index in [2.05, 4.69) is 5.10 Å². The van der Waals surface area contributed by atoms with Gasteiger partial charge in [-0.05, 0) is 28.7 Å². The summed E-state index contributed by atoms with van der Waals surface area (Å²) in [5, 5.41) is 34.1. The summed E-state index contributed by atoms with van der Waals surface area (Å²) in [6, 6.07) is 8.64. The molecule has 3 N–H and O–H groups in total. The van der Waals surface area contributed by atoms with Crippen LogP contribution in [-0.2, 0) is 12.0 Å². The molecule has 1 atom stereocenters. The van der Waals surface area contributed by atoms with Crippen LogP contribution in [0.25, 0.3) is 22.3 Å². The molecule has 0 amide bonds. The Kier molecular flexibility index (Phi) is 5.41. The van der Waals surface area contributed by atoms with Gasteiger partial charge in [-0.25, -0.2) is 0 Å². The number of aliphatic hydroxyl groups excluding tert-OH is 2. The van der Waals surface area contributed by atoms with Gasteiger partial charge in [-0.1, -0.05) is 49.7 Å². The highest BCUT2D eigenvalue weighted by Crippen LogP contribution is 2.57. The number of aromatic nitrogens is 2. The first-order chi connectivity index (χ1) is 14.8. The summed E-state index contributed by atoms with van der Waals surface area (Å²) < 4.78 is 44.1. The average Bonchev–Trinajstić information content (AvgIpc) is 3.32. The third-order valence-electron chi connectivity index (χ3n) is 5.83. The molecule has 164 valence electrons. The van der Waals surface area contributed by atoms with E-state index in [9.17, 15) is 28.5 Å². The number of hydrogen-bond acceptors (Lipinski definition) is 4. The van der Waals surface area contributed by atoms with Gasteiger partial charge in [-0.15, -0.1) is 0 Å². The Labute approximate surface area is 177 Å². The largest absolute Gasteiger partial charge is 0.425 e. The van der Waals surface area contributed by atoms with Gasteiger partial charge in [-0.3, -0.25) is 4.68 Å². The van der Waals surface area contributed by atoms with Gasteiger partial charge in [0.05, 0.1) is 25.5 Å². The maximum Gasteiger partial charge on any atom is 0.425 e. The lowest BCUT2D eigenvalue weighted by molar-refractivity contribution is -0.246. The molecule has 1 heterocycles. The molecule has 8 heteroatoms. The molecule has 1 aromatic heterocycles. The van der Waals surface area contributed by atoms with Crippen LogP contribution in [-0.4, -0.2) is 44.5 Å². The van der Waals surface area contributed by atoms with Crippen molar-refractivity contribution >= 4 is 0 Å². The quantitative estimate of drug-likeness (QED) is 0.554. The highest BCUT2D eigenvalue weighted by atomic mass is 19.4. The van der Waals surface area contributed by atoms with Crippen LogP contribution in [0, 0.1) is 0 Å². The monoisotopic (exact) mass is 432 g/mol. The molecule has 3 aromatic rings. The molecule has 1 unspecified atom stereocenters. The van der Waals surface area contributed by atoms with Crippen LogP contribution in [0.1, 0.15) is 36.1 Å². The highest BCUT2D eigenvalue weighted by molar-refractivity contribution is 5.92. The molecule has 2 aromatic carbocycles. The maximum absolute atomic E-state index is 14.2. The van der Waals surface area contributed by atoms with E-state index >= 15 is 0 Å². The zero-order valence-electron chi connectivity index (χ0n) is 16.9. The molecule has 31 heavy (non-hydrogen) atoms. The van der Waals surface area contributed by atoms with Gasteiger partial charge in [0.25, 0.3) is 0 Å². The number of fused-ring (bicyclic) bond motifs is 3. The lowest BCUT2D eigenvalue weighted by atomic mass is 9.87. The predicted molar refractivity (Wildman–Crippen MR) is 109 cm³/mol. The third-order valence-corrected chi connectivity index (χ3v) is 5.83. The first-order valence-corrected chi connectivity index (χ1v) is 10.1. The molecule has 5 nitrogen and oxygen atoms in total. The van der Waals surface area contributed by atoms with Gasteiger partial charge in [0.1, 0.15) is 0 Å². The summed E-state index contributed by atoms with van der Waals surface area (Å²) in [5.74, 6) is 0. The Hall–Kier alpha value is -2.68.